The Morgan fingerprint density at radius 3 is 2.68 bits per heavy atom. The highest BCUT2D eigenvalue weighted by molar-refractivity contribution is 5.91. The van der Waals surface area contributed by atoms with Gasteiger partial charge in [0.1, 0.15) is 17.8 Å². The second kappa shape index (κ2) is 11.0. The van der Waals surface area contributed by atoms with Crippen molar-refractivity contribution in [3.05, 3.63) is 107 Å². The first-order valence-corrected chi connectivity index (χ1v) is 12.8. The van der Waals surface area contributed by atoms with Gasteiger partial charge in [0.2, 0.25) is 11.8 Å². The van der Waals surface area contributed by atoms with Gasteiger partial charge in [0.25, 0.3) is 5.91 Å². The molecule has 38 heavy (non-hydrogen) atoms. The van der Waals surface area contributed by atoms with Crippen molar-refractivity contribution in [3.63, 3.8) is 0 Å². The quantitative estimate of drug-likeness (QED) is 0.317. The van der Waals surface area contributed by atoms with E-state index in [-0.39, 0.29) is 30.2 Å². The van der Waals surface area contributed by atoms with E-state index in [1.807, 2.05) is 30.0 Å². The number of carbonyl (C=O) groups is 2. The van der Waals surface area contributed by atoms with Crippen LogP contribution in [0.1, 0.15) is 63.8 Å². The molecule has 2 aromatic heterocycles. The van der Waals surface area contributed by atoms with E-state index in [4.69, 9.17) is 13.6 Å². The number of hydrogen-bond acceptors (Lipinski definition) is 6. The van der Waals surface area contributed by atoms with E-state index in [9.17, 15) is 9.59 Å². The number of benzene rings is 2. The highest BCUT2D eigenvalue weighted by atomic mass is 16.5. The van der Waals surface area contributed by atoms with Crippen molar-refractivity contribution >= 4 is 11.8 Å². The number of rotatable bonds is 8. The summed E-state index contributed by atoms with van der Waals surface area (Å²) < 4.78 is 16.8. The van der Waals surface area contributed by atoms with Crippen LogP contribution in [0.4, 0.5) is 0 Å². The summed E-state index contributed by atoms with van der Waals surface area (Å²) in [6.07, 6.45) is 4.16. The monoisotopic (exact) mass is 513 g/mol. The number of nitrogens with zero attached hydrogens (tertiary/aromatic N) is 3. The Morgan fingerprint density at radius 1 is 1.13 bits per heavy atom. The molecule has 5 rings (SSSR count). The molecule has 8 heteroatoms. The van der Waals surface area contributed by atoms with Crippen LogP contribution in [0.2, 0.25) is 0 Å². The Bertz CT molecular complexity index is 1410. The van der Waals surface area contributed by atoms with E-state index in [0.717, 1.165) is 17.5 Å². The first-order chi connectivity index (χ1) is 18.4. The molecule has 1 atom stereocenters. The second-order valence-corrected chi connectivity index (χ2v) is 9.52. The maximum Gasteiger partial charge on any atom is 0.275 e. The van der Waals surface area contributed by atoms with Crippen molar-refractivity contribution in [2.75, 3.05) is 13.6 Å². The van der Waals surface area contributed by atoms with Gasteiger partial charge in [-0.1, -0.05) is 42.8 Å². The largest absolute Gasteiger partial charge is 0.484 e. The van der Waals surface area contributed by atoms with E-state index in [0.29, 0.717) is 36.9 Å². The summed E-state index contributed by atoms with van der Waals surface area (Å²) in [5.74, 6) is 1.49. The molecule has 0 spiro atoms. The van der Waals surface area contributed by atoms with E-state index in [1.165, 1.54) is 22.3 Å². The third kappa shape index (κ3) is 5.34. The molecule has 0 aliphatic carbocycles. The van der Waals surface area contributed by atoms with Crippen molar-refractivity contribution in [1.82, 2.24) is 14.8 Å². The Labute approximate surface area is 221 Å². The lowest BCUT2D eigenvalue weighted by Crippen LogP contribution is -2.40. The molecule has 0 saturated heterocycles. The van der Waals surface area contributed by atoms with Crippen LogP contribution in [-0.4, -0.2) is 40.2 Å². The fourth-order valence-corrected chi connectivity index (χ4v) is 4.79. The lowest BCUT2D eigenvalue weighted by molar-refractivity contribution is -0.132. The van der Waals surface area contributed by atoms with Crippen LogP contribution >= 0.6 is 0 Å². The summed E-state index contributed by atoms with van der Waals surface area (Å²) in [6, 6.07) is 17.7. The molecule has 1 aliphatic heterocycles. The third-order valence-corrected chi connectivity index (χ3v) is 6.81. The lowest BCUT2D eigenvalue weighted by Gasteiger charge is -2.38. The molecular weight excluding hydrogens is 482 g/mol. The lowest BCUT2D eigenvalue weighted by atomic mass is 9.87. The fraction of sp³-hybridized carbons (Fsp3) is 0.300. The van der Waals surface area contributed by atoms with Crippen LogP contribution in [0, 0.1) is 6.92 Å². The molecule has 0 fully saturated rings. The summed E-state index contributed by atoms with van der Waals surface area (Å²) in [7, 11) is 1.68. The van der Waals surface area contributed by atoms with Crippen LogP contribution in [0.5, 0.6) is 5.75 Å². The van der Waals surface area contributed by atoms with Crippen molar-refractivity contribution in [3.8, 4) is 5.75 Å². The van der Waals surface area contributed by atoms with Crippen LogP contribution in [0.15, 0.2) is 76.0 Å². The van der Waals surface area contributed by atoms with Gasteiger partial charge >= 0.3 is 0 Å². The zero-order valence-corrected chi connectivity index (χ0v) is 21.8. The van der Waals surface area contributed by atoms with Crippen molar-refractivity contribution < 1.29 is 23.2 Å². The Hall–Kier alpha value is -4.33. The molecule has 3 heterocycles. The predicted octanol–water partition coefficient (Wildman–Crippen LogP) is 5.31. The van der Waals surface area contributed by atoms with Gasteiger partial charge in [-0.25, -0.2) is 4.98 Å². The predicted molar refractivity (Wildman–Crippen MR) is 141 cm³/mol. The number of amides is 2. The molecule has 2 amide bonds. The minimum atomic E-state index is -0.271. The van der Waals surface area contributed by atoms with E-state index >= 15 is 0 Å². The van der Waals surface area contributed by atoms with Crippen molar-refractivity contribution in [2.45, 2.75) is 45.9 Å². The van der Waals surface area contributed by atoms with Crippen LogP contribution in [0.3, 0.4) is 0 Å². The third-order valence-electron chi connectivity index (χ3n) is 6.81. The molecule has 196 valence electrons. The Balaban J connectivity index is 1.32. The maximum atomic E-state index is 12.9. The summed E-state index contributed by atoms with van der Waals surface area (Å²) in [4.78, 5) is 33.4. The van der Waals surface area contributed by atoms with E-state index < -0.39 is 0 Å². The number of hydrogen-bond donors (Lipinski definition) is 0. The van der Waals surface area contributed by atoms with Gasteiger partial charge < -0.3 is 23.4 Å². The van der Waals surface area contributed by atoms with Gasteiger partial charge in [-0.3, -0.25) is 9.59 Å². The minimum Gasteiger partial charge on any atom is -0.484 e. The standard InChI is InChI=1S/C30H31N3O5/c1-4-28(34)33-14-13-21-11-12-23(16-25(21)29(33)22-9-7-20(2)8-10-22)37-19-27-31-26(18-38-27)30(35)32(3)17-24-6-5-15-36-24/h5-12,15-16,18,29H,4,13-14,17,19H2,1-3H3/t29-/m0/s1. The van der Waals surface area contributed by atoms with Gasteiger partial charge in [-0.2, -0.15) is 0 Å². The number of oxazole rings is 1. The van der Waals surface area contributed by atoms with Crippen molar-refractivity contribution in [2.24, 2.45) is 0 Å². The van der Waals surface area contributed by atoms with Gasteiger partial charge in [-0.15, -0.1) is 0 Å². The summed E-state index contributed by atoms with van der Waals surface area (Å²) in [5, 5.41) is 0. The smallest absolute Gasteiger partial charge is 0.275 e. The van der Waals surface area contributed by atoms with E-state index in [2.05, 4.69) is 42.2 Å². The molecule has 8 nitrogen and oxygen atoms in total. The van der Waals surface area contributed by atoms with Gasteiger partial charge in [0.15, 0.2) is 12.3 Å². The second-order valence-electron chi connectivity index (χ2n) is 9.52. The molecule has 0 unspecified atom stereocenters. The van der Waals surface area contributed by atoms with Crippen LogP contribution in [0.25, 0.3) is 0 Å². The van der Waals surface area contributed by atoms with Gasteiger partial charge in [0, 0.05) is 20.0 Å². The summed E-state index contributed by atoms with van der Waals surface area (Å²) >= 11 is 0. The molecular formula is C30H31N3O5. The Kier molecular flexibility index (Phi) is 7.31. The first-order valence-electron chi connectivity index (χ1n) is 12.8. The topological polar surface area (TPSA) is 89.0 Å². The summed E-state index contributed by atoms with van der Waals surface area (Å²) in [5.41, 5.74) is 4.71. The SMILES string of the molecule is CCC(=O)N1CCc2ccc(OCc3nc(C(=O)N(C)Cc4ccco4)co3)cc2[C@@H]1c1ccc(C)cc1. The molecule has 2 aromatic carbocycles. The zero-order valence-electron chi connectivity index (χ0n) is 21.8. The number of fused-ring (bicyclic) bond motifs is 1. The Morgan fingerprint density at radius 2 is 1.95 bits per heavy atom. The number of carbonyl (C=O) groups excluding carboxylic acids is 2. The number of furan rings is 1. The highest BCUT2D eigenvalue weighted by Gasteiger charge is 2.31. The molecule has 0 N–H and O–H groups in total. The van der Waals surface area contributed by atoms with Gasteiger partial charge in [0.05, 0.1) is 18.8 Å². The fourth-order valence-electron chi connectivity index (χ4n) is 4.79. The van der Waals surface area contributed by atoms with Crippen molar-refractivity contribution in [1.29, 1.82) is 0 Å². The highest BCUT2D eigenvalue weighted by Crippen LogP contribution is 2.37. The molecule has 0 bridgehead atoms. The molecule has 4 aromatic rings. The molecule has 0 radical (unpaired) electrons. The maximum absolute atomic E-state index is 12.9. The number of aromatic nitrogens is 1. The molecule has 0 saturated carbocycles. The zero-order chi connectivity index (χ0) is 26.6. The van der Waals surface area contributed by atoms with E-state index in [1.54, 1.807) is 19.4 Å². The minimum absolute atomic E-state index is 0.0702. The number of aryl methyl sites for hydroxylation is 1. The average molecular weight is 514 g/mol. The van der Waals surface area contributed by atoms with Gasteiger partial charge in [-0.05, 0) is 54.3 Å². The van der Waals surface area contributed by atoms with Crippen LogP contribution < -0.4 is 4.74 Å². The molecule has 1 aliphatic rings. The number of ether oxygens (including phenoxy) is 1. The first kappa shape index (κ1) is 25.3. The normalized spacial score (nSPS) is 14.7. The summed E-state index contributed by atoms with van der Waals surface area (Å²) in [6.45, 7) is 5.03. The average Bonchev–Trinajstić information content (AvgIpc) is 3.63. The van der Waals surface area contributed by atoms with Crippen LogP contribution in [-0.2, 0) is 24.4 Å².